The van der Waals surface area contributed by atoms with Crippen molar-refractivity contribution in [1.82, 2.24) is 0 Å². The van der Waals surface area contributed by atoms with Crippen molar-refractivity contribution in [3.63, 3.8) is 0 Å². The predicted octanol–water partition coefficient (Wildman–Crippen LogP) is 6.52. The third-order valence-corrected chi connectivity index (χ3v) is 11.8. The number of carbonyl (C=O) groups excluding carboxylic acids is 1. The van der Waals surface area contributed by atoms with Crippen LogP contribution in [0.2, 0.25) is 0 Å². The average Bonchev–Trinajstić information content (AvgIpc) is 2.81. The molecule has 0 spiro atoms. The molecule has 7 rings (SSSR count). The Labute approximate surface area is 194 Å². The minimum atomic E-state index is -0.288. The fraction of sp³-hybridized carbons (Fsp3) is 0.607. The van der Waals surface area contributed by atoms with Crippen LogP contribution in [0.3, 0.4) is 0 Å². The van der Waals surface area contributed by atoms with Crippen molar-refractivity contribution in [2.45, 2.75) is 68.8 Å². The monoisotopic (exact) mass is 452 g/mol. The van der Waals surface area contributed by atoms with Crippen molar-refractivity contribution in [1.29, 1.82) is 0 Å². The van der Waals surface area contributed by atoms with Crippen molar-refractivity contribution in [3.05, 3.63) is 36.4 Å². The lowest BCUT2D eigenvalue weighted by Gasteiger charge is -2.59. The van der Waals surface area contributed by atoms with Crippen LogP contribution in [0.25, 0.3) is 10.8 Å². The standard InChI is InChI=1S/C28H36O3S/c1-28(21-14-19-13-20(16-21)17-22(28)15-19)31-27(29)18-30-25-9-10-26(32-11-5-2-6-12-32)24-8-4-3-7-23(24)25/h3-4,7-10,19-22,32H,2,5-6,11-18H2,1H3. The van der Waals surface area contributed by atoms with Gasteiger partial charge in [-0.3, -0.25) is 0 Å². The molecule has 1 saturated heterocycles. The quantitative estimate of drug-likeness (QED) is 0.414. The Bertz CT molecular complexity index is 981. The van der Waals surface area contributed by atoms with E-state index in [-0.39, 0.29) is 29.1 Å². The van der Waals surface area contributed by atoms with Gasteiger partial charge < -0.3 is 9.47 Å². The van der Waals surface area contributed by atoms with Crippen LogP contribution in [0, 0.1) is 23.7 Å². The Hall–Kier alpha value is -1.68. The van der Waals surface area contributed by atoms with E-state index in [2.05, 4.69) is 43.3 Å². The van der Waals surface area contributed by atoms with Crippen molar-refractivity contribution in [3.8, 4) is 5.75 Å². The molecule has 4 aliphatic carbocycles. The Kier molecular flexibility index (Phi) is 5.40. The summed E-state index contributed by atoms with van der Waals surface area (Å²) in [7, 11) is -0.0725. The molecule has 1 aliphatic heterocycles. The zero-order chi connectivity index (χ0) is 21.7. The molecule has 2 aromatic carbocycles. The summed E-state index contributed by atoms with van der Waals surface area (Å²) in [5, 5.41) is 2.44. The van der Waals surface area contributed by atoms with Crippen LogP contribution in [0.15, 0.2) is 41.3 Å². The fourth-order valence-electron chi connectivity index (χ4n) is 7.49. The second-order valence-corrected chi connectivity index (χ2v) is 13.4. The van der Waals surface area contributed by atoms with Crippen molar-refractivity contribution in [2.75, 3.05) is 18.1 Å². The molecule has 0 radical (unpaired) electrons. The highest BCUT2D eigenvalue weighted by atomic mass is 32.2. The van der Waals surface area contributed by atoms with Gasteiger partial charge in [0, 0.05) is 5.39 Å². The number of hydrogen-bond donors (Lipinski definition) is 1. The lowest BCUT2D eigenvalue weighted by molar-refractivity contribution is -0.204. The maximum absolute atomic E-state index is 12.9. The average molecular weight is 453 g/mol. The fourth-order valence-corrected chi connectivity index (χ4v) is 10.2. The van der Waals surface area contributed by atoms with Gasteiger partial charge in [-0.05, 0) is 109 Å². The Morgan fingerprint density at radius 2 is 1.56 bits per heavy atom. The molecule has 1 heterocycles. The van der Waals surface area contributed by atoms with Crippen molar-refractivity contribution >= 4 is 27.6 Å². The number of hydrogen-bond acceptors (Lipinski definition) is 3. The van der Waals surface area contributed by atoms with Crippen LogP contribution in [0.5, 0.6) is 5.75 Å². The summed E-state index contributed by atoms with van der Waals surface area (Å²) in [6.45, 7) is 2.20. The SMILES string of the molecule is CC1(OC(=O)COc2ccc([SH]3CCCCC3)c3ccccc23)C2CC3CC(C2)CC1C3. The van der Waals surface area contributed by atoms with E-state index in [4.69, 9.17) is 9.47 Å². The Morgan fingerprint density at radius 1 is 0.906 bits per heavy atom. The summed E-state index contributed by atoms with van der Waals surface area (Å²) in [6, 6.07) is 12.9. The number of fused-ring (bicyclic) bond motifs is 1. The van der Waals surface area contributed by atoms with Crippen LogP contribution in [0.4, 0.5) is 0 Å². The molecule has 4 bridgehead atoms. The zero-order valence-electron chi connectivity index (χ0n) is 19.2. The molecule has 2 aromatic rings. The highest BCUT2D eigenvalue weighted by Crippen LogP contribution is 2.59. The van der Waals surface area contributed by atoms with Gasteiger partial charge in [0.2, 0.25) is 0 Å². The van der Waals surface area contributed by atoms with Gasteiger partial charge >= 0.3 is 5.97 Å². The van der Waals surface area contributed by atoms with Gasteiger partial charge in [-0.25, -0.2) is 15.7 Å². The topological polar surface area (TPSA) is 35.5 Å². The van der Waals surface area contributed by atoms with E-state index >= 15 is 0 Å². The molecule has 0 atom stereocenters. The minimum Gasteiger partial charge on any atom is -0.481 e. The van der Waals surface area contributed by atoms with E-state index in [9.17, 15) is 4.79 Å². The largest absolute Gasteiger partial charge is 0.481 e. The molecule has 4 saturated carbocycles. The normalized spacial score (nSPS) is 34.6. The van der Waals surface area contributed by atoms with E-state index in [1.807, 2.05) is 0 Å². The van der Waals surface area contributed by atoms with Crippen molar-refractivity contribution in [2.24, 2.45) is 23.7 Å². The molecular formula is C28H36O3S. The molecular weight excluding hydrogens is 416 g/mol. The number of carbonyl (C=O) groups is 1. The lowest BCUT2D eigenvalue weighted by Crippen LogP contribution is -2.58. The van der Waals surface area contributed by atoms with E-state index in [1.54, 1.807) is 0 Å². The van der Waals surface area contributed by atoms with Crippen LogP contribution in [-0.4, -0.2) is 29.7 Å². The maximum Gasteiger partial charge on any atom is 0.344 e. The number of benzene rings is 2. The molecule has 32 heavy (non-hydrogen) atoms. The second-order valence-electron chi connectivity index (χ2n) is 10.9. The first-order valence-corrected chi connectivity index (χ1v) is 14.4. The van der Waals surface area contributed by atoms with E-state index in [1.165, 1.54) is 73.2 Å². The summed E-state index contributed by atoms with van der Waals surface area (Å²) in [4.78, 5) is 14.4. The first-order valence-electron chi connectivity index (χ1n) is 12.7. The van der Waals surface area contributed by atoms with E-state index < -0.39 is 0 Å². The van der Waals surface area contributed by atoms with Crippen LogP contribution in [0.1, 0.15) is 58.3 Å². The summed E-state index contributed by atoms with van der Waals surface area (Å²) in [5.74, 6) is 6.12. The smallest absolute Gasteiger partial charge is 0.344 e. The highest BCUT2D eigenvalue weighted by Gasteiger charge is 2.57. The number of esters is 1. The third kappa shape index (κ3) is 3.63. The molecule has 5 aliphatic rings. The first-order chi connectivity index (χ1) is 15.6. The van der Waals surface area contributed by atoms with E-state index in [0.717, 1.165) is 23.0 Å². The molecule has 0 unspecified atom stereocenters. The summed E-state index contributed by atoms with van der Waals surface area (Å²) < 4.78 is 12.3. The molecule has 0 amide bonds. The van der Waals surface area contributed by atoms with Gasteiger partial charge in [0.05, 0.1) is 0 Å². The molecule has 0 aromatic heterocycles. The zero-order valence-corrected chi connectivity index (χ0v) is 20.1. The van der Waals surface area contributed by atoms with Gasteiger partial charge in [-0.2, -0.15) is 0 Å². The van der Waals surface area contributed by atoms with Gasteiger partial charge in [0.25, 0.3) is 0 Å². The summed E-state index contributed by atoms with van der Waals surface area (Å²) >= 11 is 0. The van der Waals surface area contributed by atoms with Gasteiger partial charge in [-0.15, -0.1) is 0 Å². The minimum absolute atomic E-state index is 0.00000992. The molecule has 5 fully saturated rings. The maximum atomic E-state index is 12.9. The van der Waals surface area contributed by atoms with Crippen molar-refractivity contribution < 1.29 is 14.3 Å². The van der Waals surface area contributed by atoms with Crippen LogP contribution in [-0.2, 0) is 9.53 Å². The lowest BCUT2D eigenvalue weighted by atomic mass is 9.50. The first kappa shape index (κ1) is 20.9. The third-order valence-electron chi connectivity index (χ3n) is 9.00. The van der Waals surface area contributed by atoms with E-state index in [0.29, 0.717) is 11.8 Å². The Morgan fingerprint density at radius 3 is 2.25 bits per heavy atom. The van der Waals surface area contributed by atoms with Gasteiger partial charge in [0.15, 0.2) is 6.61 Å². The van der Waals surface area contributed by atoms with Gasteiger partial charge in [-0.1, -0.05) is 30.7 Å². The predicted molar refractivity (Wildman–Crippen MR) is 132 cm³/mol. The second kappa shape index (κ2) is 8.27. The molecule has 4 heteroatoms. The molecule has 3 nitrogen and oxygen atoms in total. The Balaban J connectivity index is 1.17. The number of rotatable bonds is 5. The van der Waals surface area contributed by atoms with Crippen LogP contribution >= 0.6 is 10.9 Å². The number of thiol groups is 1. The molecule has 172 valence electrons. The highest BCUT2D eigenvalue weighted by molar-refractivity contribution is 8.17. The van der Waals surface area contributed by atoms with Crippen LogP contribution < -0.4 is 4.74 Å². The summed E-state index contributed by atoms with van der Waals surface area (Å²) in [5.41, 5.74) is -0.288. The molecule has 0 N–H and O–H groups in total. The summed E-state index contributed by atoms with van der Waals surface area (Å²) in [6.07, 6.45) is 10.5. The number of ether oxygens (including phenoxy) is 2. The van der Waals surface area contributed by atoms with Gasteiger partial charge in [0.1, 0.15) is 11.4 Å².